The SMILES string of the molecule is CCCCCC/C=C\CCCCCCCCCC(=O)OC[C@H](COP(=O)(O)OC[C@@H](O)COP(=O)(O)OC[C@@H](COC(=O)CCCCCCC/C=C\CCCCCC)OC(=O)CCCCCCCCC/C=C\CCCCCC)OC(=O)CCCCCCCCC/C=C\CCCCCC. The maximum atomic E-state index is 13.1. The molecule has 0 fully saturated rings. The number of hydrogen-bond acceptors (Lipinski definition) is 15. The van der Waals surface area contributed by atoms with Crippen molar-refractivity contribution in [1.82, 2.24) is 0 Å². The van der Waals surface area contributed by atoms with E-state index >= 15 is 0 Å². The highest BCUT2D eigenvalue weighted by atomic mass is 31.2. The Morgan fingerprint density at radius 3 is 0.704 bits per heavy atom. The predicted molar refractivity (Wildman–Crippen MR) is 400 cm³/mol. The standard InChI is InChI=1S/C79H146O17P2/c1-5-9-13-17-21-25-29-33-36-40-44-48-52-56-60-64-77(82)90-70-75(96-79(84)66-62-58-54-50-46-42-38-35-31-27-23-19-15-11-7-3)72-94-98(87,88)92-68-73(80)67-91-97(85,86)93-71-74(69-89-76(81)63-59-55-51-47-43-39-32-28-24-20-16-12-8-4)95-78(83)65-61-57-53-49-45-41-37-34-30-26-22-18-14-10-6-2/h25-32,73-75,80H,5-24,33-72H2,1-4H3,(H,85,86)(H,87,88)/b29-25-,30-26-,31-27-,32-28-/t73-,74+,75+/m0/s1. The number of allylic oxidation sites excluding steroid dienone is 8. The van der Waals surface area contributed by atoms with Crippen molar-refractivity contribution in [3.05, 3.63) is 48.6 Å². The molecule has 0 saturated carbocycles. The zero-order valence-electron chi connectivity index (χ0n) is 62.7. The van der Waals surface area contributed by atoms with Gasteiger partial charge in [-0.25, -0.2) is 9.13 Å². The molecule has 0 heterocycles. The molecule has 0 aliphatic carbocycles. The number of rotatable bonds is 76. The number of esters is 4. The first-order valence-electron chi connectivity index (χ1n) is 39.9. The van der Waals surface area contributed by atoms with Crippen molar-refractivity contribution in [3.63, 3.8) is 0 Å². The van der Waals surface area contributed by atoms with Gasteiger partial charge in [0.05, 0.1) is 26.4 Å². The number of hydrogen-bond donors (Lipinski definition) is 3. The molecule has 0 aromatic carbocycles. The predicted octanol–water partition coefficient (Wildman–Crippen LogP) is 22.9. The van der Waals surface area contributed by atoms with E-state index in [1.54, 1.807) is 0 Å². The topological polar surface area (TPSA) is 237 Å². The van der Waals surface area contributed by atoms with Crippen molar-refractivity contribution in [2.45, 2.75) is 393 Å². The molecule has 0 aliphatic rings. The number of ether oxygens (including phenoxy) is 4. The van der Waals surface area contributed by atoms with Crippen LogP contribution in [0.3, 0.4) is 0 Å². The third kappa shape index (κ3) is 71.4. The Labute approximate surface area is 597 Å². The van der Waals surface area contributed by atoms with Crippen molar-refractivity contribution in [2.24, 2.45) is 0 Å². The van der Waals surface area contributed by atoms with Gasteiger partial charge in [0.2, 0.25) is 0 Å². The van der Waals surface area contributed by atoms with E-state index in [2.05, 4.69) is 76.3 Å². The molecule has 0 aromatic heterocycles. The summed E-state index contributed by atoms with van der Waals surface area (Å²) in [7, 11) is -9.94. The summed E-state index contributed by atoms with van der Waals surface area (Å²) in [4.78, 5) is 72.9. The molecular formula is C79H146O17P2. The molecule has 2 unspecified atom stereocenters. The van der Waals surface area contributed by atoms with Gasteiger partial charge in [0.25, 0.3) is 0 Å². The summed E-state index contributed by atoms with van der Waals surface area (Å²) in [6.07, 6.45) is 69.4. The molecule has 0 radical (unpaired) electrons. The van der Waals surface area contributed by atoms with E-state index in [1.165, 1.54) is 116 Å². The number of unbranched alkanes of at least 4 members (excludes halogenated alkanes) is 42. The molecule has 98 heavy (non-hydrogen) atoms. The molecule has 0 saturated heterocycles. The smallest absolute Gasteiger partial charge is 0.462 e. The third-order valence-corrected chi connectivity index (χ3v) is 19.1. The van der Waals surface area contributed by atoms with E-state index < -0.39 is 97.5 Å². The molecule has 0 rings (SSSR count). The molecule has 574 valence electrons. The van der Waals surface area contributed by atoms with Gasteiger partial charge in [-0.3, -0.25) is 37.3 Å². The van der Waals surface area contributed by atoms with Crippen LogP contribution in [-0.4, -0.2) is 96.7 Å². The summed E-state index contributed by atoms with van der Waals surface area (Å²) in [6.45, 7) is 4.87. The Morgan fingerprint density at radius 1 is 0.276 bits per heavy atom. The Hall–Kier alpha value is -2.98. The summed E-state index contributed by atoms with van der Waals surface area (Å²) in [5, 5.41) is 10.6. The quantitative estimate of drug-likeness (QED) is 0.0169. The van der Waals surface area contributed by atoms with E-state index in [9.17, 15) is 43.2 Å². The molecule has 0 spiro atoms. The Kier molecular flexibility index (Phi) is 70.2. The highest BCUT2D eigenvalue weighted by Crippen LogP contribution is 2.45. The lowest BCUT2D eigenvalue weighted by molar-refractivity contribution is -0.161. The maximum Gasteiger partial charge on any atom is 0.472 e. The summed E-state index contributed by atoms with van der Waals surface area (Å²) in [5.74, 6) is -2.16. The summed E-state index contributed by atoms with van der Waals surface area (Å²) < 4.78 is 68.6. The second-order valence-electron chi connectivity index (χ2n) is 27.0. The summed E-state index contributed by atoms with van der Waals surface area (Å²) in [5.41, 5.74) is 0. The summed E-state index contributed by atoms with van der Waals surface area (Å²) in [6, 6.07) is 0. The normalized spacial score (nSPS) is 14.2. The zero-order valence-corrected chi connectivity index (χ0v) is 64.5. The minimum atomic E-state index is -4.97. The van der Waals surface area contributed by atoms with Gasteiger partial charge in [0.15, 0.2) is 12.2 Å². The first-order chi connectivity index (χ1) is 47.7. The van der Waals surface area contributed by atoms with Gasteiger partial charge < -0.3 is 33.8 Å². The van der Waals surface area contributed by atoms with E-state index in [1.807, 2.05) is 0 Å². The van der Waals surface area contributed by atoms with Crippen molar-refractivity contribution >= 4 is 39.5 Å². The van der Waals surface area contributed by atoms with Crippen molar-refractivity contribution < 1.29 is 80.2 Å². The van der Waals surface area contributed by atoms with Gasteiger partial charge >= 0.3 is 39.5 Å². The highest BCUT2D eigenvalue weighted by Gasteiger charge is 2.30. The van der Waals surface area contributed by atoms with E-state index in [0.717, 1.165) is 180 Å². The molecule has 0 aromatic rings. The largest absolute Gasteiger partial charge is 0.472 e. The Morgan fingerprint density at radius 2 is 0.469 bits per heavy atom. The van der Waals surface area contributed by atoms with Gasteiger partial charge in [0.1, 0.15) is 19.3 Å². The third-order valence-electron chi connectivity index (χ3n) is 17.2. The van der Waals surface area contributed by atoms with Crippen LogP contribution in [0.5, 0.6) is 0 Å². The van der Waals surface area contributed by atoms with Crippen molar-refractivity contribution in [2.75, 3.05) is 39.6 Å². The van der Waals surface area contributed by atoms with E-state index in [0.29, 0.717) is 25.7 Å². The molecule has 0 aliphatic heterocycles. The van der Waals surface area contributed by atoms with Gasteiger partial charge in [-0.15, -0.1) is 0 Å². The lowest BCUT2D eigenvalue weighted by atomic mass is 10.1. The molecule has 3 N–H and O–H groups in total. The molecular weight excluding hydrogens is 1280 g/mol. The van der Waals surface area contributed by atoms with Crippen molar-refractivity contribution in [1.29, 1.82) is 0 Å². The fourth-order valence-corrected chi connectivity index (χ4v) is 12.7. The second-order valence-corrected chi connectivity index (χ2v) is 29.9. The van der Waals surface area contributed by atoms with E-state index in [4.69, 9.17) is 37.0 Å². The van der Waals surface area contributed by atoms with Crippen LogP contribution in [0.2, 0.25) is 0 Å². The maximum absolute atomic E-state index is 13.1. The molecule has 0 bridgehead atoms. The van der Waals surface area contributed by atoms with Gasteiger partial charge in [-0.05, 0) is 128 Å². The van der Waals surface area contributed by atoms with Crippen LogP contribution in [-0.2, 0) is 65.4 Å². The molecule has 19 heteroatoms. The van der Waals surface area contributed by atoms with Crippen LogP contribution < -0.4 is 0 Å². The van der Waals surface area contributed by atoms with Crippen molar-refractivity contribution in [3.8, 4) is 0 Å². The summed E-state index contributed by atoms with van der Waals surface area (Å²) >= 11 is 0. The molecule has 0 amide bonds. The first-order valence-corrected chi connectivity index (χ1v) is 42.9. The van der Waals surface area contributed by atoms with Gasteiger partial charge in [0, 0.05) is 25.7 Å². The average Bonchev–Trinajstić information content (AvgIpc) is 1.04. The Balaban J connectivity index is 5.32. The number of aliphatic hydroxyl groups excluding tert-OH is 1. The Bertz CT molecular complexity index is 2050. The van der Waals surface area contributed by atoms with Crippen LogP contribution in [0.15, 0.2) is 48.6 Å². The number of phosphoric ester groups is 2. The van der Waals surface area contributed by atoms with Crippen LogP contribution >= 0.6 is 15.6 Å². The highest BCUT2D eigenvalue weighted by molar-refractivity contribution is 7.47. The molecule has 17 nitrogen and oxygen atoms in total. The zero-order chi connectivity index (χ0) is 71.8. The number of carbonyl (C=O) groups is 4. The first kappa shape index (κ1) is 95.0. The number of phosphoric acid groups is 2. The molecule has 5 atom stereocenters. The van der Waals surface area contributed by atoms with E-state index in [-0.39, 0.29) is 25.7 Å². The van der Waals surface area contributed by atoms with Gasteiger partial charge in [-0.2, -0.15) is 0 Å². The van der Waals surface area contributed by atoms with Gasteiger partial charge in [-0.1, -0.05) is 269 Å². The van der Waals surface area contributed by atoms with Crippen LogP contribution in [0.25, 0.3) is 0 Å². The number of aliphatic hydroxyl groups is 1. The lowest BCUT2D eigenvalue weighted by Crippen LogP contribution is -2.30. The number of carbonyl (C=O) groups excluding carboxylic acids is 4. The van der Waals surface area contributed by atoms with Crippen LogP contribution in [0.1, 0.15) is 374 Å². The van der Waals surface area contributed by atoms with Crippen LogP contribution in [0.4, 0.5) is 0 Å². The fourth-order valence-electron chi connectivity index (χ4n) is 11.1. The fraction of sp³-hybridized carbons (Fsp3) is 0.848. The average molecular weight is 1430 g/mol. The second kappa shape index (κ2) is 72.4. The minimum absolute atomic E-state index is 0.0935. The van der Waals surface area contributed by atoms with Crippen LogP contribution in [0, 0.1) is 0 Å². The monoisotopic (exact) mass is 1430 g/mol. The minimum Gasteiger partial charge on any atom is -0.462 e. The lowest BCUT2D eigenvalue weighted by Gasteiger charge is -2.21.